The van der Waals surface area contributed by atoms with Gasteiger partial charge >= 0.3 is 5.97 Å². The Balaban J connectivity index is 1.46. The van der Waals surface area contributed by atoms with Gasteiger partial charge in [-0.1, -0.05) is 24.2 Å². The first kappa shape index (κ1) is 20.8. The van der Waals surface area contributed by atoms with E-state index in [4.69, 9.17) is 14.0 Å². The fourth-order valence-electron chi connectivity index (χ4n) is 2.72. The fourth-order valence-corrected chi connectivity index (χ4v) is 3.59. The summed E-state index contributed by atoms with van der Waals surface area (Å²) in [6, 6.07) is 10.9. The van der Waals surface area contributed by atoms with E-state index < -0.39 is 5.97 Å². The molecule has 152 valence electrons. The molecule has 29 heavy (non-hydrogen) atoms. The van der Waals surface area contributed by atoms with Crippen LogP contribution >= 0.6 is 11.3 Å². The van der Waals surface area contributed by atoms with E-state index in [-0.39, 0.29) is 18.8 Å². The Morgan fingerprint density at radius 1 is 1.10 bits per heavy atom. The van der Waals surface area contributed by atoms with Crippen LogP contribution in [0.1, 0.15) is 44.1 Å². The first-order chi connectivity index (χ1) is 14.0. The number of ketones is 1. The molecule has 0 atom stereocenters. The lowest BCUT2D eigenvalue weighted by Gasteiger charge is -2.07. The van der Waals surface area contributed by atoms with E-state index in [0.717, 1.165) is 33.9 Å². The zero-order valence-corrected chi connectivity index (χ0v) is 17.5. The molecular formula is C22H23NO5S. The zero-order chi connectivity index (χ0) is 20.8. The molecule has 0 bridgehead atoms. The van der Waals surface area contributed by atoms with Crippen LogP contribution in [0.2, 0.25) is 0 Å². The Kier molecular flexibility index (Phi) is 6.82. The number of ether oxygens (including phenoxy) is 2. The lowest BCUT2D eigenvalue weighted by Crippen LogP contribution is -2.15. The third-order valence-corrected chi connectivity index (χ3v) is 5.76. The molecule has 7 heteroatoms. The second-order valence-corrected chi connectivity index (χ2v) is 7.78. The van der Waals surface area contributed by atoms with Gasteiger partial charge in [0.1, 0.15) is 18.1 Å². The van der Waals surface area contributed by atoms with Crippen LogP contribution < -0.4 is 4.74 Å². The number of aromatic nitrogens is 1. The van der Waals surface area contributed by atoms with Crippen molar-refractivity contribution in [3.05, 3.63) is 68.7 Å². The molecule has 0 spiro atoms. The first-order valence-corrected chi connectivity index (χ1v) is 10.2. The van der Waals surface area contributed by atoms with Crippen molar-refractivity contribution in [3.63, 3.8) is 0 Å². The normalized spacial score (nSPS) is 10.7. The number of esters is 1. The van der Waals surface area contributed by atoms with Crippen molar-refractivity contribution >= 4 is 23.1 Å². The highest BCUT2D eigenvalue weighted by Crippen LogP contribution is 2.19. The molecule has 0 N–H and O–H groups in total. The van der Waals surface area contributed by atoms with Gasteiger partial charge in [0.15, 0.2) is 6.61 Å². The predicted molar refractivity (Wildman–Crippen MR) is 109 cm³/mol. The number of thiophene rings is 1. The van der Waals surface area contributed by atoms with Crippen LogP contribution in [0, 0.1) is 13.8 Å². The van der Waals surface area contributed by atoms with E-state index in [9.17, 15) is 9.59 Å². The van der Waals surface area contributed by atoms with Crippen LogP contribution in [-0.4, -0.2) is 23.5 Å². The number of carbonyl (C=O) groups excluding carboxylic acids is 2. The molecular weight excluding hydrogens is 390 g/mol. The lowest BCUT2D eigenvalue weighted by atomic mass is 10.1. The van der Waals surface area contributed by atoms with Gasteiger partial charge in [-0.2, -0.15) is 0 Å². The summed E-state index contributed by atoms with van der Waals surface area (Å²) in [6.07, 6.45) is 0.984. The average Bonchev–Trinajstić information content (AvgIpc) is 3.32. The van der Waals surface area contributed by atoms with Crippen molar-refractivity contribution in [2.45, 2.75) is 40.2 Å². The van der Waals surface area contributed by atoms with Crippen molar-refractivity contribution in [2.24, 2.45) is 0 Å². The molecule has 0 aliphatic heterocycles. The minimum Gasteiger partial charge on any atom is -0.489 e. The van der Waals surface area contributed by atoms with Crippen molar-refractivity contribution in [1.29, 1.82) is 0 Å². The van der Waals surface area contributed by atoms with Crippen LogP contribution in [0.15, 0.2) is 40.9 Å². The highest BCUT2D eigenvalue weighted by molar-refractivity contribution is 7.14. The van der Waals surface area contributed by atoms with Gasteiger partial charge in [0, 0.05) is 4.88 Å². The number of benzene rings is 1. The van der Waals surface area contributed by atoms with E-state index in [1.54, 1.807) is 30.3 Å². The fraction of sp³-hybridized carbons (Fsp3) is 0.318. The number of nitrogens with zero attached hydrogens (tertiary/aromatic N) is 1. The second kappa shape index (κ2) is 9.52. The lowest BCUT2D eigenvalue weighted by molar-refractivity contribution is -0.141. The van der Waals surface area contributed by atoms with Crippen LogP contribution in [0.25, 0.3) is 0 Å². The standard InChI is InChI=1S/C22H23NO5S/c1-4-18-9-10-21(29-18)20(24)13-27-22(25)11-16-5-7-17(8-6-16)26-12-19-14(2)23-28-15(19)3/h5-10H,4,11-13H2,1-3H3. The summed E-state index contributed by atoms with van der Waals surface area (Å²) < 4.78 is 16.0. The largest absolute Gasteiger partial charge is 0.489 e. The Morgan fingerprint density at radius 3 is 2.48 bits per heavy atom. The van der Waals surface area contributed by atoms with E-state index in [1.165, 1.54) is 11.3 Å². The number of hydrogen-bond donors (Lipinski definition) is 0. The number of hydrogen-bond acceptors (Lipinski definition) is 7. The molecule has 3 aromatic rings. The maximum Gasteiger partial charge on any atom is 0.310 e. The summed E-state index contributed by atoms with van der Waals surface area (Å²) in [5.74, 6) is 0.813. The van der Waals surface area contributed by atoms with Gasteiger partial charge in [0.25, 0.3) is 0 Å². The molecule has 0 saturated carbocycles. The second-order valence-electron chi connectivity index (χ2n) is 6.62. The summed E-state index contributed by atoms with van der Waals surface area (Å²) >= 11 is 1.44. The summed E-state index contributed by atoms with van der Waals surface area (Å²) in [6.45, 7) is 5.89. The minimum atomic E-state index is -0.435. The van der Waals surface area contributed by atoms with Gasteiger partial charge in [-0.3, -0.25) is 9.59 Å². The molecule has 0 radical (unpaired) electrons. The maximum absolute atomic E-state index is 12.1. The molecule has 0 unspecified atom stereocenters. The van der Waals surface area contributed by atoms with E-state index >= 15 is 0 Å². The molecule has 1 aromatic carbocycles. The Bertz CT molecular complexity index is 968. The number of carbonyl (C=O) groups is 2. The van der Waals surface area contributed by atoms with Gasteiger partial charge < -0.3 is 14.0 Å². The van der Waals surface area contributed by atoms with E-state index in [2.05, 4.69) is 5.16 Å². The topological polar surface area (TPSA) is 78.6 Å². The molecule has 0 saturated heterocycles. The van der Waals surface area contributed by atoms with Gasteiger partial charge in [0.05, 0.1) is 22.6 Å². The van der Waals surface area contributed by atoms with Crippen LogP contribution in [0.5, 0.6) is 5.75 Å². The summed E-state index contributed by atoms with van der Waals surface area (Å²) in [4.78, 5) is 25.9. The third-order valence-electron chi connectivity index (χ3n) is 4.49. The predicted octanol–water partition coefficient (Wildman–Crippen LogP) is 4.46. The van der Waals surface area contributed by atoms with Crippen LogP contribution in [0.4, 0.5) is 0 Å². The minimum absolute atomic E-state index is 0.0993. The maximum atomic E-state index is 12.1. The SMILES string of the molecule is CCc1ccc(C(=O)COC(=O)Cc2ccc(OCc3c(C)noc3C)cc2)s1. The average molecular weight is 413 g/mol. The Morgan fingerprint density at radius 2 is 1.86 bits per heavy atom. The molecule has 0 fully saturated rings. The molecule has 0 aliphatic rings. The summed E-state index contributed by atoms with van der Waals surface area (Å²) in [5.41, 5.74) is 2.53. The summed E-state index contributed by atoms with van der Waals surface area (Å²) in [7, 11) is 0. The van der Waals surface area contributed by atoms with Crippen molar-refractivity contribution in [2.75, 3.05) is 6.61 Å². The molecule has 0 aliphatic carbocycles. The quantitative estimate of drug-likeness (QED) is 0.381. The highest BCUT2D eigenvalue weighted by atomic mass is 32.1. The number of aryl methyl sites for hydroxylation is 3. The molecule has 2 heterocycles. The summed E-state index contributed by atoms with van der Waals surface area (Å²) in [5, 5.41) is 3.90. The van der Waals surface area contributed by atoms with Crippen LogP contribution in [0.3, 0.4) is 0 Å². The van der Waals surface area contributed by atoms with Crippen molar-refractivity contribution in [3.8, 4) is 5.75 Å². The monoisotopic (exact) mass is 413 g/mol. The van der Waals surface area contributed by atoms with Gasteiger partial charge in [-0.25, -0.2) is 0 Å². The number of Topliss-reactive ketones (excluding diaryl/α,β-unsaturated/α-hetero) is 1. The van der Waals surface area contributed by atoms with E-state index in [1.807, 2.05) is 26.8 Å². The first-order valence-electron chi connectivity index (χ1n) is 9.37. The molecule has 0 amide bonds. The van der Waals surface area contributed by atoms with Crippen LogP contribution in [-0.2, 0) is 29.0 Å². The van der Waals surface area contributed by atoms with Gasteiger partial charge in [0.2, 0.25) is 5.78 Å². The Hall–Kier alpha value is -2.93. The highest BCUT2D eigenvalue weighted by Gasteiger charge is 2.13. The van der Waals surface area contributed by atoms with Crippen molar-refractivity contribution in [1.82, 2.24) is 5.16 Å². The smallest absolute Gasteiger partial charge is 0.310 e. The third kappa shape index (κ3) is 5.54. The zero-order valence-electron chi connectivity index (χ0n) is 16.7. The van der Waals surface area contributed by atoms with Gasteiger partial charge in [-0.15, -0.1) is 11.3 Å². The van der Waals surface area contributed by atoms with Gasteiger partial charge in [-0.05, 0) is 50.1 Å². The number of rotatable bonds is 9. The van der Waals surface area contributed by atoms with Crippen molar-refractivity contribution < 1.29 is 23.6 Å². The molecule has 6 nitrogen and oxygen atoms in total. The molecule has 3 rings (SSSR count). The molecule has 2 aromatic heterocycles. The Labute approximate surface area is 173 Å². The van der Waals surface area contributed by atoms with E-state index in [0.29, 0.717) is 17.2 Å².